The maximum absolute atomic E-state index is 12.7. The second kappa shape index (κ2) is 5.58. The van der Waals surface area contributed by atoms with Crippen molar-refractivity contribution in [2.24, 2.45) is 0 Å². The lowest BCUT2D eigenvalue weighted by molar-refractivity contribution is -0.386. The lowest BCUT2D eigenvalue weighted by Gasteiger charge is -2.37. The number of nitrogens with zero attached hydrogens (tertiary/aromatic N) is 3. The maximum atomic E-state index is 12.7. The summed E-state index contributed by atoms with van der Waals surface area (Å²) < 4.78 is 26.8. The number of benzene rings is 1. The van der Waals surface area contributed by atoms with Gasteiger partial charge < -0.3 is 10.6 Å². The molecule has 0 aliphatic carbocycles. The molecule has 2 N–H and O–H groups in total. The zero-order valence-electron chi connectivity index (χ0n) is 11.9. The standard InChI is InChI=1S/C12H18N4O4S/c1-9-8-14(2)6-7-15(9)21(19,20)11-5-3-4-10(13)12(11)16(17)18/h3-5,9H,6-8,13H2,1-2H3. The van der Waals surface area contributed by atoms with E-state index in [4.69, 9.17) is 5.73 Å². The number of piperazine rings is 1. The minimum atomic E-state index is -3.95. The van der Waals surface area contributed by atoms with Crippen molar-refractivity contribution < 1.29 is 13.3 Å². The van der Waals surface area contributed by atoms with Crippen molar-refractivity contribution in [1.29, 1.82) is 0 Å². The number of sulfonamides is 1. The van der Waals surface area contributed by atoms with Gasteiger partial charge >= 0.3 is 5.69 Å². The quantitative estimate of drug-likeness (QED) is 0.494. The summed E-state index contributed by atoms with van der Waals surface area (Å²) >= 11 is 0. The lowest BCUT2D eigenvalue weighted by atomic mass is 10.2. The molecule has 0 radical (unpaired) electrons. The Morgan fingerprint density at radius 1 is 1.38 bits per heavy atom. The first kappa shape index (κ1) is 15.7. The monoisotopic (exact) mass is 314 g/mol. The number of nitro groups is 1. The van der Waals surface area contributed by atoms with Crippen molar-refractivity contribution in [3.05, 3.63) is 28.3 Å². The van der Waals surface area contributed by atoms with Crippen LogP contribution in [0.15, 0.2) is 23.1 Å². The first-order valence-electron chi connectivity index (χ1n) is 6.48. The van der Waals surface area contributed by atoms with E-state index in [9.17, 15) is 18.5 Å². The minimum absolute atomic E-state index is 0.150. The molecule has 0 amide bonds. The van der Waals surface area contributed by atoms with Gasteiger partial charge in [-0.25, -0.2) is 8.42 Å². The molecular formula is C12H18N4O4S. The highest BCUT2D eigenvalue weighted by molar-refractivity contribution is 7.89. The Kier molecular flexibility index (Phi) is 4.17. The summed E-state index contributed by atoms with van der Waals surface area (Å²) in [4.78, 5) is 12.1. The number of hydrogen-bond acceptors (Lipinski definition) is 6. The largest absolute Gasteiger partial charge is 0.393 e. The molecule has 1 unspecified atom stereocenters. The summed E-state index contributed by atoms with van der Waals surface area (Å²) in [7, 11) is -2.04. The first-order valence-corrected chi connectivity index (χ1v) is 7.92. The van der Waals surface area contributed by atoms with Crippen LogP contribution in [0.4, 0.5) is 11.4 Å². The second-order valence-electron chi connectivity index (χ2n) is 5.18. The molecule has 2 rings (SSSR count). The minimum Gasteiger partial charge on any atom is -0.393 e. The Labute approximate surface area is 123 Å². The van der Waals surface area contributed by atoms with Gasteiger partial charge in [-0.15, -0.1) is 0 Å². The van der Waals surface area contributed by atoms with E-state index in [1.807, 2.05) is 11.9 Å². The molecule has 0 bridgehead atoms. The second-order valence-corrected chi connectivity index (χ2v) is 7.04. The highest BCUT2D eigenvalue weighted by Gasteiger charge is 2.37. The third-order valence-electron chi connectivity index (χ3n) is 3.57. The molecule has 1 heterocycles. The van der Waals surface area contributed by atoms with Gasteiger partial charge in [0.05, 0.1) is 4.92 Å². The number of nitrogen functional groups attached to an aromatic ring is 1. The molecule has 1 aliphatic heterocycles. The van der Waals surface area contributed by atoms with E-state index in [2.05, 4.69) is 0 Å². The number of nitrogens with two attached hydrogens (primary N) is 1. The highest BCUT2D eigenvalue weighted by Crippen LogP contribution is 2.33. The fraction of sp³-hybridized carbons (Fsp3) is 0.500. The molecule has 1 fully saturated rings. The number of rotatable bonds is 3. The number of likely N-dealkylation sites (N-methyl/N-ethyl adjacent to an activating group) is 1. The third kappa shape index (κ3) is 2.85. The molecule has 1 atom stereocenters. The van der Waals surface area contributed by atoms with Crippen LogP contribution in [0.25, 0.3) is 0 Å². The topological polar surface area (TPSA) is 110 Å². The van der Waals surface area contributed by atoms with Crippen LogP contribution in [-0.4, -0.2) is 55.3 Å². The fourth-order valence-corrected chi connectivity index (χ4v) is 4.35. The molecule has 116 valence electrons. The van der Waals surface area contributed by atoms with Crippen molar-refractivity contribution in [2.45, 2.75) is 17.9 Å². The van der Waals surface area contributed by atoms with E-state index in [1.54, 1.807) is 6.92 Å². The first-order chi connectivity index (χ1) is 9.75. The molecule has 1 aromatic carbocycles. The Balaban J connectivity index is 2.50. The van der Waals surface area contributed by atoms with Gasteiger partial charge in [0.15, 0.2) is 4.90 Å². The van der Waals surface area contributed by atoms with Crippen LogP contribution in [0.2, 0.25) is 0 Å². The molecule has 1 saturated heterocycles. The van der Waals surface area contributed by atoms with Crippen LogP contribution in [0.1, 0.15) is 6.92 Å². The van der Waals surface area contributed by atoms with E-state index in [0.29, 0.717) is 19.6 Å². The third-order valence-corrected chi connectivity index (χ3v) is 5.61. The lowest BCUT2D eigenvalue weighted by Crippen LogP contribution is -2.52. The maximum Gasteiger partial charge on any atom is 0.312 e. The number of hydrogen-bond donors (Lipinski definition) is 1. The van der Waals surface area contributed by atoms with Gasteiger partial charge in [0.1, 0.15) is 5.69 Å². The van der Waals surface area contributed by atoms with Gasteiger partial charge in [0.2, 0.25) is 10.0 Å². The molecule has 9 heteroatoms. The summed E-state index contributed by atoms with van der Waals surface area (Å²) in [6, 6.07) is 3.71. The van der Waals surface area contributed by atoms with Crippen molar-refractivity contribution >= 4 is 21.4 Å². The van der Waals surface area contributed by atoms with Crippen molar-refractivity contribution in [3.63, 3.8) is 0 Å². The fourth-order valence-electron chi connectivity index (χ4n) is 2.55. The normalized spacial score (nSPS) is 21.3. The van der Waals surface area contributed by atoms with Crippen molar-refractivity contribution in [3.8, 4) is 0 Å². The van der Waals surface area contributed by atoms with Crippen LogP contribution >= 0.6 is 0 Å². The Hall–Kier alpha value is -1.71. The Morgan fingerprint density at radius 3 is 2.62 bits per heavy atom. The average molecular weight is 314 g/mol. The van der Waals surface area contributed by atoms with Gasteiger partial charge in [0.25, 0.3) is 0 Å². The highest BCUT2D eigenvalue weighted by atomic mass is 32.2. The molecular weight excluding hydrogens is 296 g/mol. The molecule has 0 saturated carbocycles. The van der Waals surface area contributed by atoms with E-state index in [1.165, 1.54) is 22.5 Å². The molecule has 0 aromatic heterocycles. The number of nitro benzene ring substituents is 1. The van der Waals surface area contributed by atoms with Gasteiger partial charge in [-0.05, 0) is 26.1 Å². The van der Waals surface area contributed by atoms with Crippen LogP contribution in [-0.2, 0) is 10.0 Å². The van der Waals surface area contributed by atoms with Gasteiger partial charge in [-0.1, -0.05) is 6.07 Å². The van der Waals surface area contributed by atoms with Gasteiger partial charge in [-0.2, -0.15) is 4.31 Å². The number of para-hydroxylation sites is 1. The SMILES string of the molecule is CC1CN(C)CCN1S(=O)(=O)c1cccc(N)c1[N+](=O)[O-]. The van der Waals surface area contributed by atoms with Crippen LogP contribution in [0.5, 0.6) is 0 Å². The van der Waals surface area contributed by atoms with Crippen LogP contribution < -0.4 is 5.73 Å². The predicted molar refractivity (Wildman–Crippen MR) is 78.4 cm³/mol. The number of anilines is 1. The molecule has 0 spiro atoms. The Bertz CT molecular complexity index is 661. The van der Waals surface area contributed by atoms with E-state index < -0.39 is 20.6 Å². The summed E-state index contributed by atoms with van der Waals surface area (Å²) in [6.07, 6.45) is 0. The molecule has 21 heavy (non-hydrogen) atoms. The molecule has 1 aliphatic rings. The summed E-state index contributed by atoms with van der Waals surface area (Å²) in [6.45, 7) is 3.24. The van der Waals surface area contributed by atoms with E-state index in [-0.39, 0.29) is 16.6 Å². The van der Waals surface area contributed by atoms with Crippen molar-refractivity contribution in [2.75, 3.05) is 32.4 Å². The zero-order valence-corrected chi connectivity index (χ0v) is 12.7. The van der Waals surface area contributed by atoms with Gasteiger partial charge in [0, 0.05) is 25.7 Å². The molecule has 8 nitrogen and oxygen atoms in total. The Morgan fingerprint density at radius 2 is 2.05 bits per heavy atom. The summed E-state index contributed by atoms with van der Waals surface area (Å²) in [5.41, 5.74) is 4.87. The van der Waals surface area contributed by atoms with E-state index >= 15 is 0 Å². The zero-order chi connectivity index (χ0) is 15.8. The van der Waals surface area contributed by atoms with Crippen molar-refractivity contribution in [1.82, 2.24) is 9.21 Å². The van der Waals surface area contributed by atoms with Crippen LogP contribution in [0, 0.1) is 10.1 Å². The summed E-state index contributed by atoms with van der Waals surface area (Å²) in [5.74, 6) is 0. The smallest absolute Gasteiger partial charge is 0.312 e. The summed E-state index contributed by atoms with van der Waals surface area (Å²) in [5, 5.41) is 11.1. The predicted octanol–water partition coefficient (Wildman–Crippen LogP) is 0.502. The van der Waals surface area contributed by atoms with E-state index in [0.717, 1.165) is 0 Å². The molecule has 1 aromatic rings. The van der Waals surface area contributed by atoms with Gasteiger partial charge in [-0.3, -0.25) is 10.1 Å². The average Bonchev–Trinajstić information content (AvgIpc) is 2.37. The van der Waals surface area contributed by atoms with Crippen LogP contribution in [0.3, 0.4) is 0 Å².